The summed E-state index contributed by atoms with van der Waals surface area (Å²) in [5.41, 5.74) is 0. The third kappa shape index (κ3) is 2.96. The molecule has 3 heterocycles. The van der Waals surface area contributed by atoms with E-state index in [1.807, 2.05) is 12.1 Å². The zero-order valence-corrected chi connectivity index (χ0v) is 13.6. The highest BCUT2D eigenvalue weighted by Crippen LogP contribution is 2.38. The zero-order valence-electron chi connectivity index (χ0n) is 13.6. The minimum Gasteiger partial charge on any atom is -0.490 e. The first-order valence-electron chi connectivity index (χ1n) is 8.61. The Balaban J connectivity index is 1.65. The Morgan fingerprint density at radius 2 is 1.82 bits per heavy atom. The molecule has 3 rings (SSSR count). The molecule has 0 spiro atoms. The summed E-state index contributed by atoms with van der Waals surface area (Å²) in [6, 6.07) is 4.56. The molecule has 2 atom stereocenters. The van der Waals surface area contributed by atoms with Crippen LogP contribution in [0.2, 0.25) is 0 Å². The summed E-state index contributed by atoms with van der Waals surface area (Å²) in [6.45, 7) is 4.24. The number of piperidine rings is 1. The van der Waals surface area contributed by atoms with E-state index in [1.165, 1.54) is 0 Å². The Morgan fingerprint density at radius 3 is 2.36 bits per heavy atom. The molecule has 2 aliphatic rings. The van der Waals surface area contributed by atoms with Crippen LogP contribution in [0.3, 0.4) is 0 Å². The van der Waals surface area contributed by atoms with Gasteiger partial charge in [-0.2, -0.15) is 0 Å². The van der Waals surface area contributed by atoms with Gasteiger partial charge in [0.15, 0.2) is 0 Å². The molecule has 4 nitrogen and oxygen atoms in total. The van der Waals surface area contributed by atoms with Gasteiger partial charge in [-0.1, -0.05) is 13.8 Å². The van der Waals surface area contributed by atoms with E-state index in [1.54, 1.807) is 12.4 Å². The Hall–Kier alpha value is -1.58. The van der Waals surface area contributed by atoms with Gasteiger partial charge in [-0.15, -0.1) is 0 Å². The molecule has 2 unspecified atom stereocenters. The Labute approximate surface area is 132 Å². The molecule has 0 aromatic carbocycles. The summed E-state index contributed by atoms with van der Waals surface area (Å²) in [4.78, 5) is 19.0. The molecule has 120 valence electrons. The van der Waals surface area contributed by atoms with Crippen molar-refractivity contribution in [3.05, 3.63) is 24.5 Å². The van der Waals surface area contributed by atoms with Crippen LogP contribution in [0.15, 0.2) is 24.5 Å². The van der Waals surface area contributed by atoms with Crippen molar-refractivity contribution in [2.45, 2.75) is 70.6 Å². The highest BCUT2D eigenvalue weighted by atomic mass is 16.5. The van der Waals surface area contributed by atoms with Crippen molar-refractivity contribution in [2.75, 3.05) is 0 Å². The van der Waals surface area contributed by atoms with E-state index in [0.717, 1.165) is 44.3 Å². The summed E-state index contributed by atoms with van der Waals surface area (Å²) in [6.07, 6.45) is 9.83. The molecule has 0 N–H and O–H groups in total. The molecular formula is C18H26N2O2. The van der Waals surface area contributed by atoms with E-state index < -0.39 is 0 Å². The normalized spacial score (nSPS) is 27.2. The van der Waals surface area contributed by atoms with Crippen LogP contribution >= 0.6 is 0 Å². The summed E-state index contributed by atoms with van der Waals surface area (Å²) in [7, 11) is 0. The summed E-state index contributed by atoms with van der Waals surface area (Å²) in [5, 5.41) is 0. The van der Waals surface area contributed by atoms with E-state index in [9.17, 15) is 4.79 Å². The summed E-state index contributed by atoms with van der Waals surface area (Å²) >= 11 is 0. The second kappa shape index (κ2) is 6.67. The fourth-order valence-corrected chi connectivity index (χ4v) is 4.04. The fourth-order valence-electron chi connectivity index (χ4n) is 4.04. The monoisotopic (exact) mass is 302 g/mol. The number of fused-ring (bicyclic) bond motifs is 2. The lowest BCUT2D eigenvalue weighted by Crippen LogP contribution is -2.51. The quantitative estimate of drug-likeness (QED) is 0.837. The second-order valence-electron chi connectivity index (χ2n) is 6.54. The fraction of sp³-hybridized carbons (Fsp3) is 0.667. The van der Waals surface area contributed by atoms with Crippen LogP contribution in [0.5, 0.6) is 5.75 Å². The summed E-state index contributed by atoms with van der Waals surface area (Å²) < 4.78 is 6.10. The second-order valence-corrected chi connectivity index (χ2v) is 6.54. The highest BCUT2D eigenvalue weighted by Gasteiger charge is 2.44. The predicted octanol–water partition coefficient (Wildman–Crippen LogP) is 3.42. The summed E-state index contributed by atoms with van der Waals surface area (Å²) in [5.74, 6) is 1.46. The van der Waals surface area contributed by atoms with Crippen LogP contribution in [-0.2, 0) is 4.79 Å². The van der Waals surface area contributed by atoms with Gasteiger partial charge in [0.2, 0.25) is 5.91 Å². The van der Waals surface area contributed by atoms with Crippen LogP contribution in [0.4, 0.5) is 0 Å². The number of aromatic nitrogens is 1. The van der Waals surface area contributed by atoms with E-state index in [0.29, 0.717) is 18.0 Å². The molecular weight excluding hydrogens is 276 g/mol. The van der Waals surface area contributed by atoms with E-state index in [-0.39, 0.29) is 12.0 Å². The van der Waals surface area contributed by atoms with Crippen LogP contribution in [-0.4, -0.2) is 34.0 Å². The lowest BCUT2D eigenvalue weighted by molar-refractivity contribution is -0.141. The SMILES string of the molecule is CCC(CC)C(=O)N1C2CCC1CC(Oc1ccncc1)C2. The van der Waals surface area contributed by atoms with Crippen LogP contribution in [0.25, 0.3) is 0 Å². The average Bonchev–Trinajstić information content (AvgIpc) is 2.80. The number of nitrogens with zero attached hydrogens (tertiary/aromatic N) is 2. The Kier molecular flexibility index (Phi) is 4.65. The topological polar surface area (TPSA) is 42.4 Å². The first-order valence-corrected chi connectivity index (χ1v) is 8.61. The van der Waals surface area contributed by atoms with Gasteiger partial charge in [-0.05, 0) is 37.8 Å². The van der Waals surface area contributed by atoms with Gasteiger partial charge in [-0.3, -0.25) is 9.78 Å². The number of amides is 1. The lowest BCUT2D eigenvalue weighted by atomic mass is 9.95. The number of hydrogen-bond donors (Lipinski definition) is 0. The third-order valence-corrected chi connectivity index (χ3v) is 5.23. The lowest BCUT2D eigenvalue weighted by Gasteiger charge is -2.40. The predicted molar refractivity (Wildman–Crippen MR) is 85.6 cm³/mol. The minimum atomic E-state index is 0.195. The third-order valence-electron chi connectivity index (χ3n) is 5.23. The van der Waals surface area contributed by atoms with Gasteiger partial charge < -0.3 is 9.64 Å². The van der Waals surface area contributed by atoms with Crippen LogP contribution in [0.1, 0.15) is 52.4 Å². The standard InChI is InChI=1S/C18H26N2O2/c1-3-13(4-2)18(21)20-14-5-6-15(20)12-17(11-14)22-16-7-9-19-10-8-16/h7-10,13-15,17H,3-6,11-12H2,1-2H3. The molecule has 1 aromatic rings. The maximum absolute atomic E-state index is 12.8. The van der Waals surface area contributed by atoms with E-state index >= 15 is 0 Å². The highest BCUT2D eigenvalue weighted by molar-refractivity contribution is 5.80. The molecule has 0 aliphatic carbocycles. The molecule has 2 saturated heterocycles. The molecule has 0 radical (unpaired) electrons. The number of ether oxygens (including phenoxy) is 1. The van der Waals surface area contributed by atoms with Gasteiger partial charge in [0.1, 0.15) is 11.9 Å². The Bertz CT molecular complexity index is 487. The average molecular weight is 302 g/mol. The molecule has 22 heavy (non-hydrogen) atoms. The number of rotatable bonds is 5. The van der Waals surface area contributed by atoms with Gasteiger partial charge in [0.25, 0.3) is 0 Å². The maximum Gasteiger partial charge on any atom is 0.226 e. The largest absolute Gasteiger partial charge is 0.490 e. The van der Waals surface area contributed by atoms with Crippen molar-refractivity contribution in [1.29, 1.82) is 0 Å². The van der Waals surface area contributed by atoms with E-state index in [2.05, 4.69) is 23.7 Å². The van der Waals surface area contributed by atoms with Gasteiger partial charge in [-0.25, -0.2) is 0 Å². The number of carbonyl (C=O) groups is 1. The maximum atomic E-state index is 12.8. The molecule has 2 fully saturated rings. The minimum absolute atomic E-state index is 0.195. The molecule has 1 aromatic heterocycles. The van der Waals surface area contributed by atoms with Crippen molar-refractivity contribution >= 4 is 5.91 Å². The number of carbonyl (C=O) groups excluding carboxylic acids is 1. The number of hydrogen-bond acceptors (Lipinski definition) is 3. The van der Waals surface area contributed by atoms with Crippen LogP contribution in [0, 0.1) is 5.92 Å². The molecule has 4 heteroatoms. The van der Waals surface area contributed by atoms with Crippen molar-refractivity contribution in [3.8, 4) is 5.75 Å². The molecule has 0 saturated carbocycles. The van der Waals surface area contributed by atoms with Crippen LogP contribution < -0.4 is 4.74 Å². The van der Waals surface area contributed by atoms with Gasteiger partial charge in [0, 0.05) is 43.2 Å². The van der Waals surface area contributed by atoms with Gasteiger partial charge >= 0.3 is 0 Å². The van der Waals surface area contributed by atoms with Crippen molar-refractivity contribution in [3.63, 3.8) is 0 Å². The van der Waals surface area contributed by atoms with Crippen molar-refractivity contribution in [2.24, 2.45) is 5.92 Å². The molecule has 2 bridgehead atoms. The first-order chi connectivity index (χ1) is 10.7. The zero-order chi connectivity index (χ0) is 15.5. The first kappa shape index (κ1) is 15.3. The number of pyridine rings is 1. The van der Waals surface area contributed by atoms with E-state index in [4.69, 9.17) is 4.74 Å². The molecule has 1 amide bonds. The van der Waals surface area contributed by atoms with Crippen molar-refractivity contribution in [1.82, 2.24) is 9.88 Å². The van der Waals surface area contributed by atoms with Crippen molar-refractivity contribution < 1.29 is 9.53 Å². The Morgan fingerprint density at radius 1 is 1.23 bits per heavy atom. The smallest absolute Gasteiger partial charge is 0.226 e. The molecule has 2 aliphatic heterocycles. The van der Waals surface area contributed by atoms with Gasteiger partial charge in [0.05, 0.1) is 0 Å².